The number of carbonyl (C=O) groups excluding carboxylic acids is 1. The molecule has 0 fully saturated rings. The van der Waals surface area contributed by atoms with E-state index in [1.54, 1.807) is 12.1 Å². The van der Waals surface area contributed by atoms with Crippen molar-refractivity contribution in [1.82, 2.24) is 9.62 Å². The number of rotatable bonds is 7. The topological polar surface area (TPSA) is 66.5 Å². The van der Waals surface area contributed by atoms with Crippen LogP contribution in [0.1, 0.15) is 23.1 Å². The van der Waals surface area contributed by atoms with Crippen LogP contribution in [-0.4, -0.2) is 32.8 Å². The smallest absolute Gasteiger partial charge is 0.240 e. The van der Waals surface area contributed by atoms with Crippen molar-refractivity contribution in [3.05, 3.63) is 64.7 Å². The lowest BCUT2D eigenvalue weighted by Gasteiger charge is -2.17. The number of sulfonamides is 1. The van der Waals surface area contributed by atoms with Gasteiger partial charge in [0.05, 0.1) is 4.90 Å². The number of aryl methyl sites for hydroxylation is 2. The van der Waals surface area contributed by atoms with E-state index in [0.29, 0.717) is 5.56 Å². The first kappa shape index (κ1) is 21.0. The van der Waals surface area contributed by atoms with Gasteiger partial charge >= 0.3 is 0 Å². The fraction of sp³-hybridized carbons (Fsp3) is 0.316. The maximum atomic E-state index is 13.2. The van der Waals surface area contributed by atoms with Gasteiger partial charge in [0.25, 0.3) is 0 Å². The molecule has 0 aromatic heterocycles. The molecule has 2 aromatic rings. The van der Waals surface area contributed by atoms with Crippen LogP contribution in [0.15, 0.2) is 41.3 Å². The van der Waals surface area contributed by atoms with E-state index in [-0.39, 0.29) is 30.3 Å². The SMILES string of the molecule is Cc1ccc(S(=O)(=O)NCCC(=O)N(C)Cc2ccc(F)c(F)c2)cc1C. The number of hydrogen-bond donors (Lipinski definition) is 1. The molecule has 0 saturated carbocycles. The molecule has 0 aliphatic heterocycles. The molecule has 0 bridgehead atoms. The van der Waals surface area contributed by atoms with E-state index >= 15 is 0 Å². The van der Waals surface area contributed by atoms with Gasteiger partial charge in [0, 0.05) is 26.6 Å². The quantitative estimate of drug-likeness (QED) is 0.783. The first-order valence-electron chi connectivity index (χ1n) is 8.35. The second-order valence-corrected chi connectivity index (χ2v) is 8.16. The van der Waals surface area contributed by atoms with Crippen molar-refractivity contribution in [2.24, 2.45) is 0 Å². The number of hydrogen-bond acceptors (Lipinski definition) is 3. The number of nitrogens with one attached hydrogen (secondary N) is 1. The highest BCUT2D eigenvalue weighted by molar-refractivity contribution is 7.89. The zero-order valence-corrected chi connectivity index (χ0v) is 16.2. The number of nitrogens with zero attached hydrogens (tertiary/aromatic N) is 1. The fourth-order valence-corrected chi connectivity index (χ4v) is 3.56. The standard InChI is InChI=1S/C19H22F2N2O3S/c1-13-4-6-16(10-14(13)2)27(25,26)22-9-8-19(24)23(3)12-15-5-7-17(20)18(21)11-15/h4-7,10-11,22H,8-9,12H2,1-3H3. The molecule has 0 radical (unpaired) electrons. The Morgan fingerprint density at radius 2 is 1.74 bits per heavy atom. The zero-order chi connectivity index (χ0) is 20.2. The average molecular weight is 396 g/mol. The first-order chi connectivity index (χ1) is 12.6. The van der Waals surface area contributed by atoms with Gasteiger partial charge in [0.15, 0.2) is 11.6 Å². The maximum absolute atomic E-state index is 13.2. The summed E-state index contributed by atoms with van der Waals surface area (Å²) < 4.78 is 53.2. The summed E-state index contributed by atoms with van der Waals surface area (Å²) in [4.78, 5) is 13.6. The number of amides is 1. The molecule has 0 aliphatic carbocycles. The van der Waals surface area contributed by atoms with Crippen molar-refractivity contribution in [3.63, 3.8) is 0 Å². The summed E-state index contributed by atoms with van der Waals surface area (Å²) in [6.45, 7) is 3.75. The Kier molecular flexibility index (Phi) is 6.67. The molecule has 0 unspecified atom stereocenters. The molecule has 0 saturated heterocycles. The van der Waals surface area contributed by atoms with E-state index in [2.05, 4.69) is 4.72 Å². The summed E-state index contributed by atoms with van der Waals surface area (Å²) in [7, 11) is -2.19. The molecule has 1 amide bonds. The second-order valence-electron chi connectivity index (χ2n) is 6.39. The number of carbonyl (C=O) groups is 1. The van der Waals surface area contributed by atoms with Gasteiger partial charge in [-0.15, -0.1) is 0 Å². The highest BCUT2D eigenvalue weighted by atomic mass is 32.2. The summed E-state index contributed by atoms with van der Waals surface area (Å²) >= 11 is 0. The van der Waals surface area contributed by atoms with Crippen LogP contribution in [0.5, 0.6) is 0 Å². The van der Waals surface area contributed by atoms with Crippen LogP contribution in [0.3, 0.4) is 0 Å². The lowest BCUT2D eigenvalue weighted by atomic mass is 10.1. The average Bonchev–Trinajstić information content (AvgIpc) is 2.60. The molecule has 2 rings (SSSR count). The molecule has 2 aromatic carbocycles. The normalized spacial score (nSPS) is 11.4. The van der Waals surface area contributed by atoms with E-state index in [0.717, 1.165) is 23.3 Å². The number of halogens is 2. The Labute approximate surface area is 158 Å². The van der Waals surface area contributed by atoms with Gasteiger partial charge in [-0.2, -0.15) is 0 Å². The van der Waals surface area contributed by atoms with E-state index in [9.17, 15) is 22.0 Å². The molecule has 0 atom stereocenters. The minimum absolute atomic E-state index is 0.0513. The molecule has 8 heteroatoms. The highest BCUT2D eigenvalue weighted by Crippen LogP contribution is 2.15. The highest BCUT2D eigenvalue weighted by Gasteiger charge is 2.16. The monoisotopic (exact) mass is 396 g/mol. The predicted molar refractivity (Wildman–Crippen MR) is 98.6 cm³/mol. The van der Waals surface area contributed by atoms with Gasteiger partial charge in [-0.05, 0) is 54.8 Å². The van der Waals surface area contributed by atoms with Crippen LogP contribution in [0, 0.1) is 25.5 Å². The van der Waals surface area contributed by atoms with Gasteiger partial charge in [0.1, 0.15) is 0 Å². The summed E-state index contributed by atoms with van der Waals surface area (Å²) in [5.41, 5.74) is 2.30. The molecule has 1 N–H and O–H groups in total. The van der Waals surface area contributed by atoms with Gasteiger partial charge in [-0.3, -0.25) is 4.79 Å². The Morgan fingerprint density at radius 3 is 2.37 bits per heavy atom. The van der Waals surface area contributed by atoms with Gasteiger partial charge in [0.2, 0.25) is 15.9 Å². The maximum Gasteiger partial charge on any atom is 0.240 e. The van der Waals surface area contributed by atoms with Crippen LogP contribution >= 0.6 is 0 Å². The van der Waals surface area contributed by atoms with Crippen LogP contribution in [0.25, 0.3) is 0 Å². The number of benzene rings is 2. The van der Waals surface area contributed by atoms with Crippen molar-refractivity contribution in [1.29, 1.82) is 0 Å². The molecule has 27 heavy (non-hydrogen) atoms. The van der Waals surface area contributed by atoms with Crippen LogP contribution in [0.4, 0.5) is 8.78 Å². The zero-order valence-electron chi connectivity index (χ0n) is 15.4. The molecular weight excluding hydrogens is 374 g/mol. The largest absolute Gasteiger partial charge is 0.341 e. The summed E-state index contributed by atoms with van der Waals surface area (Å²) in [6.07, 6.45) is -0.0513. The van der Waals surface area contributed by atoms with Gasteiger partial charge < -0.3 is 4.90 Å². The van der Waals surface area contributed by atoms with Crippen molar-refractivity contribution in [3.8, 4) is 0 Å². The molecule has 0 aliphatic rings. The third kappa shape index (κ3) is 5.58. The fourth-order valence-electron chi connectivity index (χ4n) is 2.45. The summed E-state index contributed by atoms with van der Waals surface area (Å²) in [5.74, 6) is -2.24. The van der Waals surface area contributed by atoms with E-state index in [1.807, 2.05) is 13.8 Å². The van der Waals surface area contributed by atoms with Crippen LogP contribution in [0.2, 0.25) is 0 Å². The van der Waals surface area contributed by atoms with Crippen LogP contribution in [-0.2, 0) is 21.4 Å². The Bertz CT molecular complexity index is 946. The minimum atomic E-state index is -3.70. The Hall–Kier alpha value is -2.32. The first-order valence-corrected chi connectivity index (χ1v) is 9.83. The molecule has 146 valence electrons. The van der Waals surface area contributed by atoms with Gasteiger partial charge in [-0.1, -0.05) is 12.1 Å². The van der Waals surface area contributed by atoms with E-state index in [4.69, 9.17) is 0 Å². The van der Waals surface area contributed by atoms with Crippen LogP contribution < -0.4 is 4.72 Å². The van der Waals surface area contributed by atoms with Gasteiger partial charge in [-0.25, -0.2) is 21.9 Å². The summed E-state index contributed by atoms with van der Waals surface area (Å²) in [6, 6.07) is 8.24. The summed E-state index contributed by atoms with van der Waals surface area (Å²) in [5, 5.41) is 0. The molecular formula is C19H22F2N2O3S. The second kappa shape index (κ2) is 8.58. The predicted octanol–water partition coefficient (Wildman–Crippen LogP) is 2.91. The van der Waals surface area contributed by atoms with Crippen molar-refractivity contribution in [2.45, 2.75) is 31.7 Å². The lowest BCUT2D eigenvalue weighted by molar-refractivity contribution is -0.130. The van der Waals surface area contributed by atoms with Crippen molar-refractivity contribution in [2.75, 3.05) is 13.6 Å². The van der Waals surface area contributed by atoms with Crippen molar-refractivity contribution >= 4 is 15.9 Å². The van der Waals surface area contributed by atoms with E-state index < -0.39 is 21.7 Å². The lowest BCUT2D eigenvalue weighted by Crippen LogP contribution is -2.32. The third-order valence-corrected chi connectivity index (χ3v) is 5.71. The van der Waals surface area contributed by atoms with Crippen molar-refractivity contribution < 1.29 is 22.0 Å². The minimum Gasteiger partial charge on any atom is -0.341 e. The molecule has 0 heterocycles. The third-order valence-electron chi connectivity index (χ3n) is 4.25. The Balaban J connectivity index is 1.90. The van der Waals surface area contributed by atoms with E-state index in [1.165, 1.54) is 24.1 Å². The Morgan fingerprint density at radius 1 is 1.04 bits per heavy atom. The molecule has 5 nitrogen and oxygen atoms in total. The molecule has 0 spiro atoms.